The molecule has 3 rings (SSSR count). The van der Waals surface area contributed by atoms with Gasteiger partial charge in [-0.1, -0.05) is 31.2 Å². The van der Waals surface area contributed by atoms with E-state index in [1.165, 1.54) is 5.56 Å². The maximum atomic E-state index is 11.3. The zero-order valence-corrected chi connectivity index (χ0v) is 42.8. The van der Waals surface area contributed by atoms with E-state index in [0.717, 1.165) is 17.5 Å². The fourth-order valence-electron chi connectivity index (χ4n) is 6.84. The van der Waals surface area contributed by atoms with Gasteiger partial charge >= 0.3 is 0 Å². The Bertz CT molecular complexity index is 1520. The number of hydrogen-bond donors (Lipinski definition) is 1. The highest BCUT2D eigenvalue weighted by Crippen LogP contribution is 2.51. The van der Waals surface area contributed by atoms with Gasteiger partial charge < -0.3 is 41.4 Å². The van der Waals surface area contributed by atoms with Crippen LogP contribution in [0.5, 0.6) is 0 Å². The number of benzene rings is 2. The highest BCUT2D eigenvalue weighted by Gasteiger charge is 2.62. The first kappa shape index (κ1) is 48.5. The van der Waals surface area contributed by atoms with Crippen LogP contribution in [0, 0.1) is 0 Å². The summed E-state index contributed by atoms with van der Waals surface area (Å²) < 4.78 is 56.8. The number of rotatable bonds is 19. The molecule has 0 aliphatic carbocycles. The predicted octanol–water partition coefficient (Wildman–Crippen LogP) is 10.4. The minimum atomic E-state index is -2.54. The zero-order valence-electron chi connectivity index (χ0n) is 37.8. The third-order valence-corrected chi connectivity index (χ3v) is 13.5. The van der Waals surface area contributed by atoms with Crippen molar-refractivity contribution in [2.75, 3.05) is 13.7 Å². The largest absolute Gasteiger partial charge is 0.415 e. The highest BCUT2D eigenvalue weighted by atomic mass is 28.4. The molecule has 9 nitrogen and oxygen atoms in total. The smallest absolute Gasteiger partial charge is 0.215 e. The van der Waals surface area contributed by atoms with Gasteiger partial charge in [0.2, 0.25) is 5.79 Å². The van der Waals surface area contributed by atoms with E-state index in [2.05, 4.69) is 135 Å². The molecule has 0 bridgehead atoms. The summed E-state index contributed by atoms with van der Waals surface area (Å²) in [6.07, 6.45) is -2.51. The van der Waals surface area contributed by atoms with Gasteiger partial charge in [-0.3, -0.25) is 0 Å². The van der Waals surface area contributed by atoms with Crippen molar-refractivity contribution >= 4 is 41.6 Å². The van der Waals surface area contributed by atoms with Crippen molar-refractivity contribution in [3.05, 3.63) is 58.7 Å². The van der Waals surface area contributed by atoms with Gasteiger partial charge in [0, 0.05) is 18.2 Å². The number of ether oxygens (including phenoxy) is 3. The number of aryl methyl sites for hydroxylation is 1. The summed E-state index contributed by atoms with van der Waals surface area (Å²) in [5.41, 5.74) is 5.18. The van der Waals surface area contributed by atoms with Gasteiger partial charge in [-0.15, -0.1) is 0 Å². The lowest BCUT2D eigenvalue weighted by atomic mass is 9.82. The normalized spacial score (nSPS) is 23.7. The van der Waals surface area contributed by atoms with Gasteiger partial charge in [-0.25, -0.2) is 0 Å². The van der Waals surface area contributed by atoms with Crippen molar-refractivity contribution in [2.24, 2.45) is 0 Å². The SMILES string of the molecule is CCc1ccc(-c2cc(CO)c(C(OC)OC(C)C)c(C3(O[Si](C)(C)C)OC(CO[Si](C)(C)C)C(O[Si](C)(C)C)C(O[Si](C)(C)C)C3O[Si](C)(C)C)c2)cc1. The van der Waals surface area contributed by atoms with Crippen LogP contribution in [-0.2, 0) is 55.2 Å². The Hall–Kier alpha value is -0.836. The number of methoxy groups -OCH3 is 1. The molecule has 6 atom stereocenters. The van der Waals surface area contributed by atoms with Gasteiger partial charge in [0.15, 0.2) is 47.9 Å². The molecule has 0 saturated carbocycles. The maximum absolute atomic E-state index is 11.3. The molecular formula is C41H76O9Si5. The fraction of sp³-hybridized carbons (Fsp3) is 0.707. The molecule has 1 saturated heterocycles. The van der Waals surface area contributed by atoms with E-state index in [1.54, 1.807) is 7.11 Å². The second-order valence-corrected chi connectivity index (χ2v) is 42.4. The molecule has 1 aliphatic heterocycles. The standard InChI is InChI=1S/C41H76O9Si5/c1-20-30-21-23-31(24-22-30)32-25-33(27-42)36(40(43-4)45-29(2)3)34(26-32)41(50-55(17,18)19)39(49-54(14,15)16)38(48-53(11,12)13)37(47-52(8,9)10)35(46-41)28-44-51(5,6)7/h21-26,29,35,37-40,42H,20,27-28H2,1-19H3. The van der Waals surface area contributed by atoms with Crippen LogP contribution in [-0.4, -0.2) is 90.9 Å². The van der Waals surface area contributed by atoms with E-state index in [-0.39, 0.29) is 12.7 Å². The Morgan fingerprint density at radius 1 is 0.709 bits per heavy atom. The molecule has 1 N–H and O–H groups in total. The fourth-order valence-corrected chi connectivity index (χ4v) is 11.9. The first-order chi connectivity index (χ1) is 25.0. The number of aliphatic hydroxyl groups is 1. The minimum Gasteiger partial charge on any atom is -0.415 e. The number of hydrogen-bond acceptors (Lipinski definition) is 9. The molecule has 0 amide bonds. The first-order valence-electron chi connectivity index (χ1n) is 20.1. The van der Waals surface area contributed by atoms with Gasteiger partial charge in [0.25, 0.3) is 0 Å². The Kier molecular flexibility index (Phi) is 16.4. The van der Waals surface area contributed by atoms with Crippen LogP contribution in [0.2, 0.25) is 98.2 Å². The highest BCUT2D eigenvalue weighted by molar-refractivity contribution is 6.71. The van der Waals surface area contributed by atoms with Crippen LogP contribution in [0.3, 0.4) is 0 Å². The molecule has 2 aromatic rings. The molecule has 6 unspecified atom stereocenters. The van der Waals surface area contributed by atoms with Crippen molar-refractivity contribution < 1.29 is 41.4 Å². The molecule has 2 aromatic carbocycles. The lowest BCUT2D eigenvalue weighted by Gasteiger charge is -2.58. The van der Waals surface area contributed by atoms with E-state index >= 15 is 0 Å². The van der Waals surface area contributed by atoms with Crippen molar-refractivity contribution in [3.8, 4) is 11.1 Å². The van der Waals surface area contributed by atoms with Gasteiger partial charge in [0.05, 0.1) is 19.3 Å². The van der Waals surface area contributed by atoms with Crippen LogP contribution in [0.25, 0.3) is 11.1 Å². The van der Waals surface area contributed by atoms with Crippen LogP contribution < -0.4 is 0 Å². The minimum absolute atomic E-state index is 0.184. The van der Waals surface area contributed by atoms with Gasteiger partial charge in [-0.05, 0) is 153 Å². The quantitative estimate of drug-likeness (QED) is 0.110. The van der Waals surface area contributed by atoms with Crippen LogP contribution in [0.15, 0.2) is 36.4 Å². The molecule has 1 heterocycles. The summed E-state index contributed by atoms with van der Waals surface area (Å²) in [5.74, 6) is -1.54. The molecular weight excluding hydrogens is 777 g/mol. The van der Waals surface area contributed by atoms with E-state index in [0.29, 0.717) is 23.3 Å². The average Bonchev–Trinajstić information content (AvgIpc) is 3.02. The van der Waals surface area contributed by atoms with E-state index in [9.17, 15) is 5.11 Å². The summed E-state index contributed by atoms with van der Waals surface area (Å²) in [5, 5.41) is 11.3. The molecule has 0 aromatic heterocycles. The molecule has 1 fully saturated rings. The van der Waals surface area contributed by atoms with Gasteiger partial charge in [-0.2, -0.15) is 0 Å². The summed E-state index contributed by atoms with van der Waals surface area (Å²) in [6, 6.07) is 12.8. The van der Waals surface area contributed by atoms with Crippen LogP contribution in [0.4, 0.5) is 0 Å². The molecule has 0 spiro atoms. The Morgan fingerprint density at radius 2 is 1.25 bits per heavy atom. The van der Waals surface area contributed by atoms with E-state index in [1.807, 2.05) is 19.9 Å². The Labute approximate surface area is 339 Å². The third kappa shape index (κ3) is 14.2. The van der Waals surface area contributed by atoms with Crippen molar-refractivity contribution in [1.82, 2.24) is 0 Å². The Morgan fingerprint density at radius 3 is 1.69 bits per heavy atom. The molecule has 55 heavy (non-hydrogen) atoms. The summed E-state index contributed by atoms with van der Waals surface area (Å²) in [6.45, 7) is 39.1. The average molecular weight is 853 g/mol. The molecule has 0 radical (unpaired) electrons. The second-order valence-electron chi connectivity index (χ2n) is 20.1. The predicted molar refractivity (Wildman–Crippen MR) is 238 cm³/mol. The lowest BCUT2D eigenvalue weighted by Crippen LogP contribution is -2.71. The first-order valence-corrected chi connectivity index (χ1v) is 37.2. The summed E-state index contributed by atoms with van der Waals surface area (Å²) in [7, 11) is -9.84. The van der Waals surface area contributed by atoms with Crippen molar-refractivity contribution in [1.29, 1.82) is 0 Å². The Balaban J connectivity index is 2.68. The summed E-state index contributed by atoms with van der Waals surface area (Å²) >= 11 is 0. The topological polar surface area (TPSA) is 94.1 Å². The van der Waals surface area contributed by atoms with Gasteiger partial charge in [0.1, 0.15) is 24.4 Å². The van der Waals surface area contributed by atoms with Crippen molar-refractivity contribution in [2.45, 2.75) is 175 Å². The third-order valence-electron chi connectivity index (χ3n) is 8.64. The van der Waals surface area contributed by atoms with Crippen LogP contribution >= 0.6 is 0 Å². The number of aliphatic hydroxyl groups excluding tert-OH is 1. The van der Waals surface area contributed by atoms with Crippen LogP contribution in [0.1, 0.15) is 49.3 Å². The maximum Gasteiger partial charge on any atom is 0.215 e. The van der Waals surface area contributed by atoms with Crippen molar-refractivity contribution in [3.63, 3.8) is 0 Å². The van der Waals surface area contributed by atoms with E-state index < -0.39 is 78.1 Å². The zero-order chi connectivity index (χ0) is 41.9. The summed E-state index contributed by atoms with van der Waals surface area (Å²) in [4.78, 5) is 0. The molecule has 314 valence electrons. The molecule has 14 heteroatoms. The second kappa shape index (κ2) is 18.6. The van der Waals surface area contributed by atoms with E-state index in [4.69, 9.17) is 36.3 Å². The lowest BCUT2D eigenvalue weighted by molar-refractivity contribution is -0.341. The monoisotopic (exact) mass is 852 g/mol. The molecule has 1 aliphatic rings.